The molecule has 0 spiro atoms. The monoisotopic (exact) mass is 351 g/mol. The SMILES string of the molecule is COC(=O)c1cn2ncc(-c3cc(-c4ccccc4)cs3)c2[nH]c1=O. The van der Waals surface area contributed by atoms with Crippen LogP contribution in [0.4, 0.5) is 0 Å². The van der Waals surface area contributed by atoms with Gasteiger partial charge in [0.15, 0.2) is 0 Å². The topological polar surface area (TPSA) is 76.5 Å². The van der Waals surface area contributed by atoms with Crippen molar-refractivity contribution in [3.63, 3.8) is 0 Å². The van der Waals surface area contributed by atoms with Gasteiger partial charge in [-0.05, 0) is 22.6 Å². The van der Waals surface area contributed by atoms with Crippen LogP contribution in [0.15, 0.2) is 59.0 Å². The molecule has 0 atom stereocenters. The van der Waals surface area contributed by atoms with Gasteiger partial charge in [-0.25, -0.2) is 9.31 Å². The smallest absolute Gasteiger partial charge is 0.345 e. The van der Waals surface area contributed by atoms with Gasteiger partial charge in [0.1, 0.15) is 11.2 Å². The van der Waals surface area contributed by atoms with Gasteiger partial charge in [0.25, 0.3) is 5.56 Å². The number of rotatable bonds is 3. The van der Waals surface area contributed by atoms with Crippen molar-refractivity contribution in [3.05, 3.63) is 70.1 Å². The van der Waals surface area contributed by atoms with Gasteiger partial charge >= 0.3 is 5.97 Å². The third kappa shape index (κ3) is 2.64. The summed E-state index contributed by atoms with van der Waals surface area (Å²) in [5, 5.41) is 6.31. The fourth-order valence-corrected chi connectivity index (χ4v) is 3.57. The van der Waals surface area contributed by atoms with Crippen molar-refractivity contribution in [1.82, 2.24) is 14.6 Å². The molecule has 6 nitrogen and oxygen atoms in total. The molecule has 0 bridgehead atoms. The first-order valence-electron chi connectivity index (χ1n) is 7.50. The average molecular weight is 351 g/mol. The number of thiophene rings is 1. The van der Waals surface area contributed by atoms with E-state index in [2.05, 4.69) is 26.3 Å². The second-order valence-corrected chi connectivity index (χ2v) is 6.32. The van der Waals surface area contributed by atoms with Crippen LogP contribution in [-0.4, -0.2) is 27.7 Å². The van der Waals surface area contributed by atoms with Crippen molar-refractivity contribution < 1.29 is 9.53 Å². The molecule has 4 aromatic rings. The van der Waals surface area contributed by atoms with Crippen LogP contribution in [0.5, 0.6) is 0 Å². The maximum absolute atomic E-state index is 12.1. The summed E-state index contributed by atoms with van der Waals surface area (Å²) in [6.07, 6.45) is 3.06. The maximum Gasteiger partial charge on any atom is 0.345 e. The molecule has 0 aliphatic heterocycles. The Morgan fingerprint density at radius 1 is 1.24 bits per heavy atom. The van der Waals surface area contributed by atoms with E-state index in [-0.39, 0.29) is 5.56 Å². The van der Waals surface area contributed by atoms with E-state index >= 15 is 0 Å². The van der Waals surface area contributed by atoms with Crippen LogP contribution in [-0.2, 0) is 4.74 Å². The van der Waals surface area contributed by atoms with Gasteiger partial charge in [-0.15, -0.1) is 11.3 Å². The summed E-state index contributed by atoms with van der Waals surface area (Å²) < 4.78 is 6.09. The standard InChI is InChI=1S/C18H13N3O3S/c1-24-18(23)14-9-21-16(20-17(14)22)13(8-19-21)15-7-12(10-25-15)11-5-3-2-4-6-11/h2-10H,1H3,(H,20,22). The first kappa shape index (κ1) is 15.3. The van der Waals surface area contributed by atoms with Gasteiger partial charge in [0, 0.05) is 4.88 Å². The minimum absolute atomic E-state index is 0.0826. The highest BCUT2D eigenvalue weighted by Gasteiger charge is 2.16. The molecule has 25 heavy (non-hydrogen) atoms. The molecule has 0 radical (unpaired) electrons. The second kappa shape index (κ2) is 6.03. The summed E-state index contributed by atoms with van der Waals surface area (Å²) in [7, 11) is 1.23. The third-order valence-corrected chi connectivity index (χ3v) is 4.86. The van der Waals surface area contributed by atoms with E-state index in [1.54, 1.807) is 17.5 Å². The fourth-order valence-electron chi connectivity index (χ4n) is 2.64. The van der Waals surface area contributed by atoms with Crippen molar-refractivity contribution in [2.75, 3.05) is 7.11 Å². The molecule has 0 aliphatic carbocycles. The second-order valence-electron chi connectivity index (χ2n) is 5.41. The highest BCUT2D eigenvalue weighted by atomic mass is 32.1. The van der Waals surface area contributed by atoms with Crippen LogP contribution in [0, 0.1) is 0 Å². The summed E-state index contributed by atoms with van der Waals surface area (Å²) >= 11 is 1.57. The number of aromatic amines is 1. The minimum atomic E-state index is -0.692. The van der Waals surface area contributed by atoms with Crippen molar-refractivity contribution in [1.29, 1.82) is 0 Å². The minimum Gasteiger partial charge on any atom is -0.465 e. The number of aromatic nitrogens is 3. The van der Waals surface area contributed by atoms with Crippen LogP contribution < -0.4 is 5.56 Å². The predicted molar refractivity (Wildman–Crippen MR) is 95.9 cm³/mol. The number of hydrogen-bond donors (Lipinski definition) is 1. The zero-order valence-corrected chi connectivity index (χ0v) is 14.0. The number of H-pyrrole nitrogens is 1. The molecule has 0 saturated heterocycles. The van der Waals surface area contributed by atoms with E-state index < -0.39 is 11.5 Å². The Balaban J connectivity index is 1.81. The number of carbonyl (C=O) groups excluding carboxylic acids is 1. The number of methoxy groups -OCH3 is 1. The lowest BCUT2D eigenvalue weighted by molar-refractivity contribution is 0.0598. The summed E-state index contributed by atoms with van der Waals surface area (Å²) in [5.41, 5.74) is 3.00. The number of nitrogens with one attached hydrogen (secondary N) is 1. The van der Waals surface area contributed by atoms with Crippen molar-refractivity contribution in [2.45, 2.75) is 0 Å². The number of esters is 1. The summed E-state index contributed by atoms with van der Waals surface area (Å²) in [6, 6.07) is 12.1. The Kier molecular flexibility index (Phi) is 3.70. The molecule has 1 aromatic carbocycles. The number of fused-ring (bicyclic) bond motifs is 1. The molecule has 0 fully saturated rings. The summed E-state index contributed by atoms with van der Waals surface area (Å²) in [4.78, 5) is 27.5. The van der Waals surface area contributed by atoms with Gasteiger partial charge in [-0.3, -0.25) is 4.79 Å². The maximum atomic E-state index is 12.1. The molecule has 4 rings (SSSR count). The van der Waals surface area contributed by atoms with Crippen LogP contribution in [0.1, 0.15) is 10.4 Å². The van der Waals surface area contributed by atoms with Gasteiger partial charge in [0.2, 0.25) is 0 Å². The van der Waals surface area contributed by atoms with Gasteiger partial charge in [0.05, 0.1) is 25.1 Å². The zero-order valence-electron chi connectivity index (χ0n) is 13.2. The van der Waals surface area contributed by atoms with E-state index in [4.69, 9.17) is 0 Å². The zero-order chi connectivity index (χ0) is 17.4. The highest BCUT2D eigenvalue weighted by Crippen LogP contribution is 2.33. The molecule has 0 unspecified atom stereocenters. The Labute approximate surface area is 146 Å². The Hall–Kier alpha value is -3.19. The Morgan fingerprint density at radius 3 is 2.80 bits per heavy atom. The fraction of sp³-hybridized carbons (Fsp3) is 0.0556. The molecule has 124 valence electrons. The lowest BCUT2D eigenvalue weighted by atomic mass is 10.1. The molecular weight excluding hydrogens is 338 g/mol. The van der Waals surface area contributed by atoms with Crippen LogP contribution >= 0.6 is 11.3 Å². The van der Waals surface area contributed by atoms with Crippen LogP contribution in [0.2, 0.25) is 0 Å². The average Bonchev–Trinajstić information content (AvgIpc) is 3.27. The lowest BCUT2D eigenvalue weighted by Crippen LogP contribution is -2.20. The number of nitrogens with zero attached hydrogens (tertiary/aromatic N) is 2. The number of hydrogen-bond acceptors (Lipinski definition) is 5. The Bertz CT molecular complexity index is 1130. The van der Waals surface area contributed by atoms with Gasteiger partial charge in [-0.1, -0.05) is 30.3 Å². The van der Waals surface area contributed by atoms with E-state index in [9.17, 15) is 9.59 Å². The molecule has 1 N–H and O–H groups in total. The summed E-state index contributed by atoms with van der Waals surface area (Å²) in [6.45, 7) is 0. The predicted octanol–water partition coefficient (Wildman–Crippen LogP) is 3.20. The van der Waals surface area contributed by atoms with Crippen molar-refractivity contribution in [3.8, 4) is 21.6 Å². The van der Waals surface area contributed by atoms with Crippen LogP contribution in [0.3, 0.4) is 0 Å². The number of ether oxygens (including phenoxy) is 1. The first-order valence-corrected chi connectivity index (χ1v) is 8.38. The van der Waals surface area contributed by atoms with Crippen molar-refractivity contribution in [2.24, 2.45) is 0 Å². The molecule has 0 aliphatic rings. The summed E-state index contributed by atoms with van der Waals surface area (Å²) in [5.74, 6) is -0.692. The van der Waals surface area contributed by atoms with E-state index in [0.717, 1.165) is 21.6 Å². The van der Waals surface area contributed by atoms with Crippen molar-refractivity contribution >= 4 is 23.0 Å². The molecular formula is C18H13N3O3S. The molecule has 0 saturated carbocycles. The first-order chi connectivity index (χ1) is 12.2. The normalized spacial score (nSPS) is 10.9. The quantitative estimate of drug-likeness (QED) is 0.575. The van der Waals surface area contributed by atoms with Gasteiger partial charge < -0.3 is 9.72 Å². The molecule has 3 aromatic heterocycles. The Morgan fingerprint density at radius 2 is 2.04 bits per heavy atom. The number of benzene rings is 1. The third-order valence-electron chi connectivity index (χ3n) is 3.90. The molecule has 0 amide bonds. The largest absolute Gasteiger partial charge is 0.465 e. The lowest BCUT2D eigenvalue weighted by Gasteiger charge is -2.00. The van der Waals surface area contributed by atoms with E-state index in [1.807, 2.05) is 30.3 Å². The highest BCUT2D eigenvalue weighted by molar-refractivity contribution is 7.14. The van der Waals surface area contributed by atoms with Crippen LogP contribution in [0.25, 0.3) is 27.2 Å². The number of carbonyl (C=O) groups is 1. The van der Waals surface area contributed by atoms with E-state index in [1.165, 1.54) is 17.8 Å². The molecule has 3 heterocycles. The van der Waals surface area contributed by atoms with Gasteiger partial charge in [-0.2, -0.15) is 5.10 Å². The molecule has 7 heteroatoms. The van der Waals surface area contributed by atoms with E-state index in [0.29, 0.717) is 5.65 Å².